The molecule has 1 aromatic heterocycles. The monoisotopic (exact) mass is 373 g/mol. The molecule has 0 bridgehead atoms. The van der Waals surface area contributed by atoms with Crippen LogP contribution in [0.25, 0.3) is 10.9 Å². The van der Waals surface area contributed by atoms with E-state index in [1.165, 1.54) is 13.2 Å². The third-order valence-corrected chi connectivity index (χ3v) is 3.65. The molecule has 1 heterocycles. The lowest BCUT2D eigenvalue weighted by molar-refractivity contribution is -0.158. The molecule has 8 nitrogen and oxygen atoms in total. The van der Waals surface area contributed by atoms with E-state index in [9.17, 15) is 19.2 Å². The first-order chi connectivity index (χ1) is 12.6. The second-order valence-electron chi connectivity index (χ2n) is 7.10. The second kappa shape index (κ2) is 8.03. The average Bonchev–Trinajstić information content (AvgIpc) is 2.58. The Kier molecular flexibility index (Phi) is 5.99. The van der Waals surface area contributed by atoms with Gasteiger partial charge in [0.25, 0.3) is 5.91 Å². The molecule has 8 heteroatoms. The van der Waals surface area contributed by atoms with Crippen LogP contribution in [0.4, 0.5) is 0 Å². The molecule has 2 N–H and O–H groups in total. The summed E-state index contributed by atoms with van der Waals surface area (Å²) in [6.45, 7) is 4.61. The first-order valence-electron chi connectivity index (χ1n) is 8.43. The molecule has 27 heavy (non-hydrogen) atoms. The summed E-state index contributed by atoms with van der Waals surface area (Å²) in [6.07, 6.45) is 1.31. The van der Waals surface area contributed by atoms with Crippen LogP contribution in [0, 0.1) is 0 Å². The van der Waals surface area contributed by atoms with Crippen molar-refractivity contribution in [1.82, 2.24) is 15.2 Å². The number of rotatable bonds is 5. The Morgan fingerprint density at radius 1 is 1.19 bits per heavy atom. The lowest BCUT2D eigenvalue weighted by atomic mass is 10.1. The lowest BCUT2D eigenvalue weighted by Crippen LogP contribution is -2.42. The molecule has 0 aliphatic heterocycles. The van der Waals surface area contributed by atoms with Gasteiger partial charge in [-0.3, -0.25) is 19.2 Å². The number of amides is 2. The summed E-state index contributed by atoms with van der Waals surface area (Å²) in [7, 11) is 1.43. The first kappa shape index (κ1) is 20.2. The first-order valence-corrected chi connectivity index (χ1v) is 8.43. The molecule has 1 aromatic carbocycles. The van der Waals surface area contributed by atoms with Gasteiger partial charge in [0.05, 0.1) is 6.54 Å². The molecule has 0 saturated heterocycles. The smallest absolute Gasteiger partial charge is 0.326 e. The minimum atomic E-state index is -0.666. The van der Waals surface area contributed by atoms with E-state index in [1.54, 1.807) is 45.0 Å². The van der Waals surface area contributed by atoms with E-state index in [0.717, 1.165) is 4.90 Å². The van der Waals surface area contributed by atoms with Crippen LogP contribution in [0.1, 0.15) is 31.1 Å². The number of carbonyl (C=O) groups is 3. The maximum atomic E-state index is 12.4. The molecule has 2 aromatic rings. The van der Waals surface area contributed by atoms with E-state index in [-0.39, 0.29) is 18.7 Å². The van der Waals surface area contributed by atoms with Crippen molar-refractivity contribution in [1.29, 1.82) is 0 Å². The molecule has 2 rings (SSSR count). The van der Waals surface area contributed by atoms with Gasteiger partial charge in [0.2, 0.25) is 11.3 Å². The van der Waals surface area contributed by atoms with Crippen molar-refractivity contribution in [2.75, 3.05) is 20.1 Å². The van der Waals surface area contributed by atoms with Crippen LogP contribution in [0.3, 0.4) is 0 Å². The Morgan fingerprint density at radius 3 is 2.52 bits per heavy atom. The van der Waals surface area contributed by atoms with Gasteiger partial charge in [0.1, 0.15) is 17.7 Å². The number of aromatic nitrogens is 1. The van der Waals surface area contributed by atoms with Crippen LogP contribution in [0.15, 0.2) is 35.3 Å². The average molecular weight is 373 g/mol. The number of para-hydroxylation sites is 1. The maximum Gasteiger partial charge on any atom is 0.326 e. The van der Waals surface area contributed by atoms with Crippen LogP contribution >= 0.6 is 0 Å². The predicted molar refractivity (Wildman–Crippen MR) is 100 cm³/mol. The van der Waals surface area contributed by atoms with E-state index >= 15 is 0 Å². The third kappa shape index (κ3) is 5.40. The molecule has 0 fully saturated rings. The number of esters is 1. The molecular weight excluding hydrogens is 350 g/mol. The van der Waals surface area contributed by atoms with E-state index in [1.807, 2.05) is 0 Å². The molecule has 144 valence electrons. The van der Waals surface area contributed by atoms with E-state index in [2.05, 4.69) is 10.3 Å². The van der Waals surface area contributed by atoms with Crippen molar-refractivity contribution in [3.05, 3.63) is 46.2 Å². The molecular formula is C19H23N3O5. The molecule has 0 aliphatic carbocycles. The summed E-state index contributed by atoms with van der Waals surface area (Å²) < 4.78 is 5.14. The Balaban J connectivity index is 1.97. The normalized spacial score (nSPS) is 11.1. The number of carbonyl (C=O) groups excluding carboxylic acids is 3. The highest BCUT2D eigenvalue weighted by Crippen LogP contribution is 2.08. The van der Waals surface area contributed by atoms with Crippen molar-refractivity contribution in [2.45, 2.75) is 26.4 Å². The highest BCUT2D eigenvalue weighted by atomic mass is 16.6. The summed E-state index contributed by atoms with van der Waals surface area (Å²) in [6, 6.07) is 6.82. The van der Waals surface area contributed by atoms with Gasteiger partial charge < -0.3 is 19.9 Å². The topological polar surface area (TPSA) is 109 Å². The Bertz CT molecular complexity index is 927. The van der Waals surface area contributed by atoms with Crippen molar-refractivity contribution in [3.63, 3.8) is 0 Å². The molecule has 0 spiro atoms. The van der Waals surface area contributed by atoms with Gasteiger partial charge in [0, 0.05) is 24.1 Å². The SMILES string of the molecule is CN(CC(=O)OC(C)(C)C)C(=O)CNC(=O)c1c[nH]c2ccccc2c1=O. The van der Waals surface area contributed by atoms with Crippen molar-refractivity contribution in [3.8, 4) is 0 Å². The quantitative estimate of drug-likeness (QED) is 0.762. The van der Waals surface area contributed by atoms with Crippen LogP contribution < -0.4 is 10.7 Å². The van der Waals surface area contributed by atoms with Crippen LogP contribution in [-0.4, -0.2) is 53.4 Å². The molecule has 0 saturated carbocycles. The fraction of sp³-hybridized carbons (Fsp3) is 0.368. The lowest BCUT2D eigenvalue weighted by Gasteiger charge is -2.22. The number of likely N-dealkylation sites (N-methyl/N-ethyl adjacent to an activating group) is 1. The Morgan fingerprint density at radius 2 is 1.85 bits per heavy atom. The number of pyridine rings is 1. The third-order valence-electron chi connectivity index (χ3n) is 3.65. The summed E-state index contributed by atoms with van der Waals surface area (Å²) in [5.41, 5.74) is -0.535. The number of hydrogen-bond donors (Lipinski definition) is 2. The molecule has 0 radical (unpaired) electrons. The Hall–Kier alpha value is -3.16. The fourth-order valence-corrected chi connectivity index (χ4v) is 2.38. The number of fused-ring (bicyclic) bond motifs is 1. The van der Waals surface area contributed by atoms with Crippen molar-refractivity contribution in [2.24, 2.45) is 0 Å². The number of aromatic amines is 1. The minimum absolute atomic E-state index is 0.0868. The second-order valence-corrected chi connectivity index (χ2v) is 7.10. The van der Waals surface area contributed by atoms with Crippen molar-refractivity contribution < 1.29 is 19.1 Å². The highest BCUT2D eigenvalue weighted by Gasteiger charge is 2.20. The summed E-state index contributed by atoms with van der Waals surface area (Å²) in [4.78, 5) is 52.5. The van der Waals surface area contributed by atoms with Gasteiger partial charge in [-0.15, -0.1) is 0 Å². The van der Waals surface area contributed by atoms with Crippen LogP contribution in [-0.2, 0) is 14.3 Å². The van der Waals surface area contributed by atoms with Crippen LogP contribution in [0.2, 0.25) is 0 Å². The van der Waals surface area contributed by atoms with Gasteiger partial charge in [-0.25, -0.2) is 0 Å². The molecule has 0 unspecified atom stereocenters. The number of benzene rings is 1. The largest absolute Gasteiger partial charge is 0.459 e. The summed E-state index contributed by atoms with van der Waals surface area (Å²) in [5.74, 6) is -1.69. The highest BCUT2D eigenvalue weighted by molar-refractivity contribution is 5.98. The van der Waals surface area contributed by atoms with Crippen molar-refractivity contribution >= 4 is 28.7 Å². The summed E-state index contributed by atoms with van der Waals surface area (Å²) in [5, 5.41) is 2.79. The molecule has 2 amide bonds. The van der Waals surface area contributed by atoms with E-state index < -0.39 is 28.8 Å². The number of nitrogens with zero attached hydrogens (tertiary/aromatic N) is 1. The van der Waals surface area contributed by atoms with E-state index in [4.69, 9.17) is 4.74 Å². The van der Waals surface area contributed by atoms with Gasteiger partial charge in [-0.2, -0.15) is 0 Å². The maximum absolute atomic E-state index is 12.4. The molecule has 0 atom stereocenters. The summed E-state index contributed by atoms with van der Waals surface area (Å²) >= 11 is 0. The fourth-order valence-electron chi connectivity index (χ4n) is 2.38. The van der Waals surface area contributed by atoms with Gasteiger partial charge in [-0.05, 0) is 32.9 Å². The number of ether oxygens (including phenoxy) is 1. The zero-order valence-electron chi connectivity index (χ0n) is 15.8. The molecule has 0 aliphatic rings. The number of H-pyrrole nitrogens is 1. The van der Waals surface area contributed by atoms with E-state index in [0.29, 0.717) is 10.9 Å². The predicted octanol–water partition coefficient (Wildman–Crippen LogP) is 1.06. The van der Waals surface area contributed by atoms with Gasteiger partial charge >= 0.3 is 5.97 Å². The Labute approximate surface area is 156 Å². The van der Waals surface area contributed by atoms with Gasteiger partial charge in [0.15, 0.2) is 0 Å². The zero-order chi connectivity index (χ0) is 20.2. The van der Waals surface area contributed by atoms with Crippen LogP contribution in [0.5, 0.6) is 0 Å². The number of nitrogens with one attached hydrogen (secondary N) is 2. The minimum Gasteiger partial charge on any atom is -0.459 e. The van der Waals surface area contributed by atoms with Gasteiger partial charge in [-0.1, -0.05) is 12.1 Å². The number of hydrogen-bond acceptors (Lipinski definition) is 5. The zero-order valence-corrected chi connectivity index (χ0v) is 15.8. The standard InChI is InChI=1S/C19H23N3O5/c1-19(2,3)27-16(24)11-22(4)15(23)10-21-18(26)13-9-20-14-8-6-5-7-12(14)17(13)25/h5-9H,10-11H2,1-4H3,(H,20,25)(H,21,26).